The van der Waals surface area contributed by atoms with Gasteiger partial charge in [-0.15, -0.1) is 11.6 Å². The zero-order valence-electron chi connectivity index (χ0n) is 10.9. The molecule has 1 aromatic rings. The molecule has 0 atom stereocenters. The zero-order chi connectivity index (χ0) is 14.3. The largest absolute Gasteiger partial charge is 0.464 e. The molecule has 2 rings (SSSR count). The standard InChI is InChI=1S/C12H15ClO2.CH2N2O/c1-12(2,11(14)15-9-8-13)10-6-4-3-5-7-10;4-1-2-3-1/h3-7H,8-9H2,1-2H3;(H2,2,3,4). The molecule has 104 valence electrons. The highest BCUT2D eigenvalue weighted by Gasteiger charge is 2.30. The number of nitrogens with one attached hydrogen (secondary N) is 2. The van der Waals surface area contributed by atoms with Crippen LogP contribution in [0.25, 0.3) is 0 Å². The molecule has 0 unspecified atom stereocenters. The van der Waals surface area contributed by atoms with Crippen LogP contribution in [0.5, 0.6) is 0 Å². The lowest BCUT2D eigenvalue weighted by atomic mass is 9.85. The van der Waals surface area contributed by atoms with Crippen molar-refractivity contribution in [1.82, 2.24) is 10.9 Å². The van der Waals surface area contributed by atoms with Crippen LogP contribution in [0.15, 0.2) is 30.3 Å². The fourth-order valence-electron chi connectivity index (χ4n) is 1.31. The fraction of sp³-hybridized carbons (Fsp3) is 0.385. The molecule has 0 radical (unpaired) electrons. The second-order valence-corrected chi connectivity index (χ2v) is 4.77. The van der Waals surface area contributed by atoms with E-state index in [1.807, 2.05) is 44.2 Å². The predicted octanol–water partition coefficient (Wildman–Crippen LogP) is 1.96. The summed E-state index contributed by atoms with van der Waals surface area (Å²) < 4.78 is 5.04. The molecule has 1 aliphatic rings. The van der Waals surface area contributed by atoms with Crippen molar-refractivity contribution in [2.45, 2.75) is 19.3 Å². The summed E-state index contributed by atoms with van der Waals surface area (Å²) >= 11 is 5.46. The number of carbonyl (C=O) groups excluding carboxylic acids is 2. The molecular formula is C13H17ClN2O3. The van der Waals surface area contributed by atoms with E-state index < -0.39 is 5.41 Å². The van der Waals surface area contributed by atoms with Gasteiger partial charge in [-0.25, -0.2) is 15.6 Å². The van der Waals surface area contributed by atoms with Gasteiger partial charge >= 0.3 is 12.0 Å². The SMILES string of the molecule is CC(C)(C(=O)OCCCl)c1ccccc1.O=C1NN1. The average molecular weight is 285 g/mol. The fourth-order valence-corrected chi connectivity index (χ4v) is 1.39. The lowest BCUT2D eigenvalue weighted by molar-refractivity contribution is -0.148. The number of esters is 1. The Morgan fingerprint density at radius 3 is 2.21 bits per heavy atom. The quantitative estimate of drug-likeness (QED) is 0.503. The molecule has 2 amide bonds. The number of urea groups is 1. The number of alkyl halides is 1. The smallest absolute Gasteiger partial charge is 0.352 e. The zero-order valence-corrected chi connectivity index (χ0v) is 11.7. The number of hydrazine groups is 1. The van der Waals surface area contributed by atoms with Gasteiger partial charge in [0, 0.05) is 0 Å². The van der Waals surface area contributed by atoms with Gasteiger partial charge in [0.05, 0.1) is 11.3 Å². The monoisotopic (exact) mass is 284 g/mol. The van der Waals surface area contributed by atoms with E-state index in [0.717, 1.165) is 5.56 Å². The molecule has 5 nitrogen and oxygen atoms in total. The van der Waals surface area contributed by atoms with Crippen LogP contribution in [0, 0.1) is 0 Å². The van der Waals surface area contributed by atoms with Gasteiger partial charge < -0.3 is 4.74 Å². The van der Waals surface area contributed by atoms with Crippen molar-refractivity contribution in [1.29, 1.82) is 0 Å². The van der Waals surface area contributed by atoms with Gasteiger partial charge in [0.1, 0.15) is 6.61 Å². The molecule has 0 aliphatic carbocycles. The Balaban J connectivity index is 0.000000382. The van der Waals surface area contributed by atoms with Crippen molar-refractivity contribution < 1.29 is 14.3 Å². The van der Waals surface area contributed by atoms with Crippen LogP contribution in [0.1, 0.15) is 19.4 Å². The molecule has 6 heteroatoms. The summed E-state index contributed by atoms with van der Waals surface area (Å²) in [5.74, 6) is 0.0886. The molecule has 0 aromatic heterocycles. The Hall–Kier alpha value is -1.75. The summed E-state index contributed by atoms with van der Waals surface area (Å²) in [7, 11) is 0. The maximum atomic E-state index is 11.7. The second-order valence-electron chi connectivity index (χ2n) is 4.40. The van der Waals surface area contributed by atoms with E-state index in [1.54, 1.807) is 0 Å². The van der Waals surface area contributed by atoms with Gasteiger partial charge in [0.15, 0.2) is 0 Å². The van der Waals surface area contributed by atoms with E-state index >= 15 is 0 Å². The molecule has 2 N–H and O–H groups in total. The molecule has 1 heterocycles. The summed E-state index contributed by atoms with van der Waals surface area (Å²) in [6.45, 7) is 3.95. The number of benzene rings is 1. The normalized spacial score (nSPS) is 12.5. The van der Waals surface area contributed by atoms with Crippen molar-refractivity contribution in [2.24, 2.45) is 0 Å². The van der Waals surface area contributed by atoms with Crippen LogP contribution < -0.4 is 10.9 Å². The lowest BCUT2D eigenvalue weighted by Crippen LogP contribution is -2.31. The van der Waals surface area contributed by atoms with Crippen LogP contribution in [-0.4, -0.2) is 24.5 Å². The minimum Gasteiger partial charge on any atom is -0.464 e. The van der Waals surface area contributed by atoms with E-state index in [1.165, 1.54) is 0 Å². The molecule has 1 fully saturated rings. The minimum absolute atomic E-state index is 0.0833. The number of rotatable bonds is 4. The van der Waals surface area contributed by atoms with Gasteiger partial charge in [-0.05, 0) is 19.4 Å². The molecule has 0 saturated carbocycles. The number of hydrogen-bond acceptors (Lipinski definition) is 3. The van der Waals surface area contributed by atoms with Crippen molar-refractivity contribution in [3.63, 3.8) is 0 Å². The van der Waals surface area contributed by atoms with E-state index in [-0.39, 0.29) is 18.6 Å². The number of carbonyl (C=O) groups is 2. The van der Waals surface area contributed by atoms with Crippen LogP contribution in [0.2, 0.25) is 0 Å². The molecule has 19 heavy (non-hydrogen) atoms. The summed E-state index contributed by atoms with van der Waals surface area (Å²) in [6.07, 6.45) is 0. The third kappa shape index (κ3) is 5.18. The Labute approximate surface area is 117 Å². The predicted molar refractivity (Wildman–Crippen MR) is 72.8 cm³/mol. The van der Waals surface area contributed by atoms with E-state index in [4.69, 9.17) is 16.3 Å². The number of hydrogen-bond donors (Lipinski definition) is 2. The Bertz CT molecular complexity index is 429. The average Bonchev–Trinajstić information content (AvgIpc) is 3.20. The van der Waals surface area contributed by atoms with Crippen molar-refractivity contribution in [3.05, 3.63) is 35.9 Å². The van der Waals surface area contributed by atoms with Crippen molar-refractivity contribution in [2.75, 3.05) is 12.5 Å². The molecule has 1 saturated heterocycles. The Morgan fingerprint density at radius 2 is 1.79 bits per heavy atom. The Morgan fingerprint density at radius 1 is 1.26 bits per heavy atom. The third-order valence-corrected chi connectivity index (χ3v) is 2.70. The summed E-state index contributed by atoms with van der Waals surface area (Å²) in [6, 6.07) is 9.49. The van der Waals surface area contributed by atoms with Gasteiger partial charge in [-0.3, -0.25) is 4.79 Å². The maximum Gasteiger partial charge on any atom is 0.352 e. The molecule has 1 aromatic carbocycles. The first-order valence-corrected chi connectivity index (χ1v) is 6.36. The molecule has 1 aliphatic heterocycles. The van der Waals surface area contributed by atoms with E-state index in [0.29, 0.717) is 5.88 Å². The summed E-state index contributed by atoms with van der Waals surface area (Å²) in [5.41, 5.74) is 4.75. The summed E-state index contributed by atoms with van der Waals surface area (Å²) in [4.78, 5) is 21.1. The number of halogens is 1. The van der Waals surface area contributed by atoms with Crippen LogP contribution >= 0.6 is 11.6 Å². The van der Waals surface area contributed by atoms with Gasteiger partial charge in [-0.1, -0.05) is 30.3 Å². The number of ether oxygens (including phenoxy) is 1. The lowest BCUT2D eigenvalue weighted by Gasteiger charge is -2.22. The second kappa shape index (κ2) is 6.99. The molecule has 0 bridgehead atoms. The first-order valence-electron chi connectivity index (χ1n) is 5.83. The molecular weight excluding hydrogens is 268 g/mol. The Kier molecular flexibility index (Phi) is 5.63. The van der Waals surface area contributed by atoms with Gasteiger partial charge in [-0.2, -0.15) is 0 Å². The highest BCUT2D eigenvalue weighted by Crippen LogP contribution is 2.24. The third-order valence-electron chi connectivity index (χ3n) is 2.54. The first-order chi connectivity index (χ1) is 8.98. The highest BCUT2D eigenvalue weighted by atomic mass is 35.5. The van der Waals surface area contributed by atoms with Crippen molar-refractivity contribution >= 4 is 23.6 Å². The van der Waals surface area contributed by atoms with E-state index in [9.17, 15) is 9.59 Å². The maximum absolute atomic E-state index is 11.7. The first kappa shape index (κ1) is 15.3. The topological polar surface area (TPSA) is 87.2 Å². The van der Waals surface area contributed by atoms with Crippen LogP contribution in [-0.2, 0) is 14.9 Å². The summed E-state index contributed by atoms with van der Waals surface area (Å²) in [5, 5.41) is 0. The van der Waals surface area contributed by atoms with Crippen LogP contribution in [0.4, 0.5) is 4.79 Å². The minimum atomic E-state index is -0.618. The van der Waals surface area contributed by atoms with Crippen molar-refractivity contribution in [3.8, 4) is 0 Å². The number of amides is 2. The van der Waals surface area contributed by atoms with Gasteiger partial charge in [0.25, 0.3) is 0 Å². The van der Waals surface area contributed by atoms with E-state index in [2.05, 4.69) is 10.9 Å². The van der Waals surface area contributed by atoms with Crippen LogP contribution in [0.3, 0.4) is 0 Å². The molecule has 0 spiro atoms. The van der Waals surface area contributed by atoms with Gasteiger partial charge in [0.2, 0.25) is 0 Å². The highest BCUT2D eigenvalue weighted by molar-refractivity contribution is 6.18.